The number of aliphatic imine (C=N–C) groups is 2. The lowest BCUT2D eigenvalue weighted by molar-refractivity contribution is -0.132. The summed E-state index contributed by atoms with van der Waals surface area (Å²) in [5.74, 6) is 1.21. The largest absolute Gasteiger partial charge is 0.475 e. The van der Waals surface area contributed by atoms with Gasteiger partial charge in [0.05, 0.1) is 23.6 Å². The SMILES string of the molecule is CN=CN=C(N)c1ccc(C2=CCN(C(=O)CN3CC[C@]4(CCN(c5ccc6[nH]nc(-c7ccnc(OC(C)C)c7)c6c5)C4=O)C3)CC2)cc1. The Morgan fingerprint density at radius 1 is 1.08 bits per heavy atom. The van der Waals surface area contributed by atoms with Crippen LogP contribution < -0.4 is 15.4 Å². The van der Waals surface area contributed by atoms with Gasteiger partial charge in [-0.1, -0.05) is 30.3 Å². The fourth-order valence-corrected chi connectivity index (χ4v) is 7.29. The number of aromatic nitrogens is 3. The van der Waals surface area contributed by atoms with Gasteiger partial charge in [-0.15, -0.1) is 0 Å². The summed E-state index contributed by atoms with van der Waals surface area (Å²) in [5.41, 5.74) is 12.2. The molecule has 2 fully saturated rings. The molecule has 3 N–H and O–H groups in total. The van der Waals surface area contributed by atoms with Gasteiger partial charge in [0, 0.05) is 67.7 Å². The van der Waals surface area contributed by atoms with Gasteiger partial charge in [-0.05, 0) is 75.1 Å². The Hall–Kier alpha value is -5.36. The molecule has 5 heterocycles. The monoisotopic (exact) mass is 673 g/mol. The lowest BCUT2D eigenvalue weighted by Crippen LogP contribution is -2.43. The first-order valence-electron chi connectivity index (χ1n) is 17.2. The number of ether oxygens (including phenoxy) is 1. The Labute approximate surface area is 291 Å². The predicted molar refractivity (Wildman–Crippen MR) is 196 cm³/mol. The van der Waals surface area contributed by atoms with E-state index in [1.165, 1.54) is 11.9 Å². The minimum atomic E-state index is -0.471. The van der Waals surface area contributed by atoms with Crippen LogP contribution in [0.15, 0.2) is 76.9 Å². The highest BCUT2D eigenvalue weighted by Crippen LogP contribution is 2.43. The number of aromatic amines is 1. The number of hydrogen-bond acceptors (Lipinski definition) is 7. The van der Waals surface area contributed by atoms with E-state index in [0.717, 1.165) is 64.8 Å². The molecule has 2 amide bonds. The highest BCUT2D eigenvalue weighted by molar-refractivity contribution is 6.03. The number of carbonyl (C=O) groups excluding carboxylic acids is 2. The van der Waals surface area contributed by atoms with E-state index >= 15 is 0 Å². The minimum absolute atomic E-state index is 0.0115. The normalized spacial score (nSPS) is 20.2. The molecule has 258 valence electrons. The molecule has 12 heteroatoms. The third-order valence-electron chi connectivity index (χ3n) is 9.95. The summed E-state index contributed by atoms with van der Waals surface area (Å²) in [6.07, 6.45) is 7.61. The number of nitrogens with one attached hydrogen (secondary N) is 1. The number of H-pyrrole nitrogens is 1. The molecule has 3 aliphatic heterocycles. The number of rotatable bonds is 9. The fourth-order valence-electron chi connectivity index (χ4n) is 7.29. The number of amidine groups is 1. The molecule has 0 unspecified atom stereocenters. The third kappa shape index (κ3) is 6.62. The number of benzene rings is 2. The fraction of sp³-hybridized carbons (Fsp3) is 0.368. The summed E-state index contributed by atoms with van der Waals surface area (Å²) in [6, 6.07) is 17.8. The lowest BCUT2D eigenvalue weighted by atomic mass is 9.85. The molecule has 0 saturated carbocycles. The van der Waals surface area contributed by atoms with E-state index in [1.807, 2.05) is 78.2 Å². The number of nitrogens with zero attached hydrogens (tertiary/aromatic N) is 7. The lowest BCUT2D eigenvalue weighted by Gasteiger charge is -2.29. The van der Waals surface area contributed by atoms with Crippen molar-refractivity contribution in [1.29, 1.82) is 0 Å². The molecule has 12 nitrogen and oxygen atoms in total. The smallest absolute Gasteiger partial charge is 0.237 e. The van der Waals surface area contributed by atoms with Gasteiger partial charge in [0.15, 0.2) is 0 Å². The first kappa shape index (κ1) is 33.2. The molecule has 50 heavy (non-hydrogen) atoms. The van der Waals surface area contributed by atoms with Gasteiger partial charge in [0.2, 0.25) is 17.7 Å². The average molecular weight is 674 g/mol. The zero-order valence-corrected chi connectivity index (χ0v) is 28.8. The van der Waals surface area contributed by atoms with E-state index in [4.69, 9.17) is 10.5 Å². The van der Waals surface area contributed by atoms with Crippen LogP contribution in [0.25, 0.3) is 27.7 Å². The van der Waals surface area contributed by atoms with Gasteiger partial charge in [0.1, 0.15) is 17.9 Å². The Kier molecular flexibility index (Phi) is 9.20. The van der Waals surface area contributed by atoms with Crippen LogP contribution in [0, 0.1) is 5.41 Å². The number of pyridine rings is 1. The number of nitrogens with two attached hydrogens (primary N) is 1. The van der Waals surface area contributed by atoms with Gasteiger partial charge in [-0.2, -0.15) is 5.10 Å². The number of fused-ring (bicyclic) bond motifs is 1. The van der Waals surface area contributed by atoms with E-state index in [0.29, 0.717) is 44.4 Å². The van der Waals surface area contributed by atoms with Crippen molar-refractivity contribution in [2.45, 2.75) is 39.2 Å². The van der Waals surface area contributed by atoms with Gasteiger partial charge in [0.25, 0.3) is 0 Å². The second kappa shape index (κ2) is 13.9. The van der Waals surface area contributed by atoms with Crippen LogP contribution in [0.5, 0.6) is 5.88 Å². The zero-order chi connectivity index (χ0) is 34.8. The molecule has 2 aromatic carbocycles. The number of carbonyl (C=O) groups is 2. The topological polar surface area (TPSA) is 145 Å². The molecule has 3 aliphatic rings. The van der Waals surface area contributed by atoms with Crippen LogP contribution in [-0.2, 0) is 9.59 Å². The number of hydrogen-bond donors (Lipinski definition) is 2. The maximum atomic E-state index is 14.0. The summed E-state index contributed by atoms with van der Waals surface area (Å²) in [5, 5.41) is 8.65. The van der Waals surface area contributed by atoms with E-state index in [9.17, 15) is 9.59 Å². The Morgan fingerprint density at radius 2 is 1.90 bits per heavy atom. The van der Waals surface area contributed by atoms with Crippen molar-refractivity contribution in [2.75, 3.05) is 51.2 Å². The van der Waals surface area contributed by atoms with Crippen molar-refractivity contribution < 1.29 is 14.3 Å². The predicted octanol–water partition coefficient (Wildman–Crippen LogP) is 4.52. The van der Waals surface area contributed by atoms with Crippen molar-refractivity contribution >= 4 is 46.2 Å². The maximum Gasteiger partial charge on any atom is 0.237 e. The molecule has 1 spiro atoms. The standard InChI is InChI=1S/C38H43N9O3/c1-25(2)50-33-20-29(10-15-41-33)35-31-21-30(8-9-32(31)43-44-35)47-19-14-38(37(47)49)13-18-45(23-38)22-34(48)46-16-11-27(12-17-46)26-4-6-28(7-5-26)36(39)42-24-40-3/h4-11,15,20-21,24-25H,12-14,16-19,22-23H2,1-3H3,(H,43,44)(H2,39,40,42)/t38-/m0/s1. The Balaban J connectivity index is 0.973. The highest BCUT2D eigenvalue weighted by Gasteiger charge is 2.51. The minimum Gasteiger partial charge on any atom is -0.475 e. The molecule has 1 atom stereocenters. The zero-order valence-electron chi connectivity index (χ0n) is 28.8. The van der Waals surface area contributed by atoms with Crippen molar-refractivity contribution in [3.8, 4) is 17.1 Å². The summed E-state index contributed by atoms with van der Waals surface area (Å²) in [6.45, 7) is 7.47. The second-order valence-corrected chi connectivity index (χ2v) is 13.6. The van der Waals surface area contributed by atoms with Gasteiger partial charge in [-0.3, -0.25) is 24.6 Å². The van der Waals surface area contributed by atoms with Crippen molar-refractivity contribution in [1.82, 2.24) is 25.0 Å². The summed E-state index contributed by atoms with van der Waals surface area (Å²) in [4.78, 5) is 45.7. The number of amides is 2. The Bertz CT molecular complexity index is 2000. The van der Waals surface area contributed by atoms with Crippen LogP contribution in [0.1, 0.15) is 44.2 Å². The third-order valence-corrected chi connectivity index (χ3v) is 9.95. The number of anilines is 1. The first-order valence-corrected chi connectivity index (χ1v) is 17.2. The van der Waals surface area contributed by atoms with Gasteiger partial charge >= 0.3 is 0 Å². The summed E-state index contributed by atoms with van der Waals surface area (Å²) < 4.78 is 5.80. The molecular formula is C38H43N9O3. The van der Waals surface area contributed by atoms with E-state index in [1.54, 1.807) is 13.2 Å². The summed E-state index contributed by atoms with van der Waals surface area (Å²) in [7, 11) is 1.65. The van der Waals surface area contributed by atoms with Crippen LogP contribution in [-0.4, -0.2) is 101 Å². The number of likely N-dealkylation sites (tertiary alicyclic amines) is 1. The summed E-state index contributed by atoms with van der Waals surface area (Å²) >= 11 is 0. The molecule has 2 saturated heterocycles. The molecule has 2 aromatic heterocycles. The first-order chi connectivity index (χ1) is 24.2. The molecule has 4 aromatic rings. The van der Waals surface area contributed by atoms with Crippen LogP contribution in [0.2, 0.25) is 0 Å². The maximum absolute atomic E-state index is 14.0. The van der Waals surface area contributed by atoms with Gasteiger partial charge in [-0.25, -0.2) is 9.98 Å². The quantitative estimate of drug-likeness (QED) is 0.196. The molecule has 0 aliphatic carbocycles. The van der Waals surface area contributed by atoms with E-state index in [-0.39, 0.29) is 17.9 Å². The van der Waals surface area contributed by atoms with Crippen molar-refractivity contribution in [2.24, 2.45) is 21.1 Å². The second-order valence-electron chi connectivity index (χ2n) is 13.6. The van der Waals surface area contributed by atoms with Crippen LogP contribution in [0.4, 0.5) is 5.69 Å². The average Bonchev–Trinajstić information content (AvgIpc) is 3.83. The molecule has 7 rings (SSSR count). The Morgan fingerprint density at radius 3 is 2.66 bits per heavy atom. The van der Waals surface area contributed by atoms with Crippen LogP contribution >= 0.6 is 0 Å². The molecule has 0 bridgehead atoms. The van der Waals surface area contributed by atoms with Crippen LogP contribution in [0.3, 0.4) is 0 Å². The van der Waals surface area contributed by atoms with Crippen molar-refractivity contribution in [3.63, 3.8) is 0 Å². The molecule has 0 radical (unpaired) electrons. The molecular weight excluding hydrogens is 630 g/mol. The van der Waals surface area contributed by atoms with E-state index in [2.05, 4.69) is 36.1 Å². The van der Waals surface area contributed by atoms with Gasteiger partial charge < -0.3 is 20.3 Å². The van der Waals surface area contributed by atoms with Crippen molar-refractivity contribution in [3.05, 3.63) is 78.0 Å². The highest BCUT2D eigenvalue weighted by atomic mass is 16.5. The van der Waals surface area contributed by atoms with E-state index < -0.39 is 5.41 Å².